The lowest BCUT2D eigenvalue weighted by molar-refractivity contribution is 0.600. The average Bonchev–Trinajstić information content (AvgIpc) is 2.91. The van der Waals surface area contributed by atoms with Crippen LogP contribution >= 0.6 is 0 Å². The predicted molar refractivity (Wildman–Crippen MR) is 95.7 cm³/mol. The zero-order valence-corrected chi connectivity index (χ0v) is 15.3. The van der Waals surface area contributed by atoms with E-state index in [2.05, 4.69) is 20.2 Å². The molecule has 0 aliphatic heterocycles. The lowest BCUT2D eigenvalue weighted by atomic mass is 10.1. The van der Waals surface area contributed by atoms with Crippen LogP contribution in [0, 0.1) is 20.8 Å². The fourth-order valence-electron chi connectivity index (χ4n) is 2.99. The number of sulfonamides is 1. The van der Waals surface area contributed by atoms with Crippen molar-refractivity contribution in [3.05, 3.63) is 53.1 Å². The van der Waals surface area contributed by atoms with E-state index in [0.29, 0.717) is 16.4 Å². The molecule has 2 aromatic carbocycles. The molecule has 0 amide bonds. The number of aryl methyl sites for hydroxylation is 4. The smallest absolute Gasteiger partial charge is 0.262 e. The Bertz CT molecular complexity index is 1020. The summed E-state index contributed by atoms with van der Waals surface area (Å²) in [4.78, 5) is 0.309. The topological polar surface area (TPSA) is 89.8 Å². The quantitative estimate of drug-likeness (QED) is 0.775. The van der Waals surface area contributed by atoms with E-state index < -0.39 is 10.0 Å². The summed E-state index contributed by atoms with van der Waals surface area (Å²) in [5, 5.41) is 11.3. The highest BCUT2D eigenvalue weighted by molar-refractivity contribution is 7.92. The van der Waals surface area contributed by atoms with Gasteiger partial charge in [-0.1, -0.05) is 29.8 Å². The van der Waals surface area contributed by atoms with Gasteiger partial charge < -0.3 is 0 Å². The first kappa shape index (κ1) is 17.1. The van der Waals surface area contributed by atoms with Crippen molar-refractivity contribution in [2.75, 3.05) is 4.72 Å². The third-order valence-corrected chi connectivity index (χ3v) is 5.55. The Hall–Kier alpha value is -2.74. The van der Waals surface area contributed by atoms with Crippen LogP contribution in [0.1, 0.15) is 16.7 Å². The van der Waals surface area contributed by atoms with Crippen molar-refractivity contribution >= 4 is 15.7 Å². The van der Waals surface area contributed by atoms with Crippen molar-refractivity contribution in [1.82, 2.24) is 20.2 Å². The molecule has 0 spiro atoms. The number of rotatable bonds is 4. The number of hydrogen-bond donors (Lipinski definition) is 1. The van der Waals surface area contributed by atoms with Crippen LogP contribution in [0.25, 0.3) is 11.4 Å². The Kier molecular flexibility index (Phi) is 4.30. The fraction of sp³-hybridized carbons (Fsp3) is 0.235. The number of tetrazole rings is 1. The number of aromatic nitrogens is 4. The van der Waals surface area contributed by atoms with E-state index in [1.807, 2.05) is 25.1 Å². The van der Waals surface area contributed by atoms with Gasteiger partial charge in [-0.2, -0.15) is 0 Å². The molecule has 25 heavy (non-hydrogen) atoms. The molecule has 7 nitrogen and oxygen atoms in total. The molecule has 3 rings (SSSR count). The normalized spacial score (nSPS) is 11.5. The molecule has 0 saturated carbocycles. The SMILES string of the molecule is Cc1cc(C)c(S(=O)(=O)Nc2cccc(-c3nnnn3C)c2)c(C)c1. The van der Waals surface area contributed by atoms with E-state index in [1.54, 1.807) is 39.1 Å². The largest absolute Gasteiger partial charge is 0.280 e. The van der Waals surface area contributed by atoms with Gasteiger partial charge in [-0.15, -0.1) is 5.10 Å². The second-order valence-corrected chi connectivity index (χ2v) is 7.66. The summed E-state index contributed by atoms with van der Waals surface area (Å²) >= 11 is 0. The van der Waals surface area contributed by atoms with E-state index in [0.717, 1.165) is 22.3 Å². The lowest BCUT2D eigenvalue weighted by Crippen LogP contribution is -2.16. The van der Waals surface area contributed by atoms with Gasteiger partial charge in [0.25, 0.3) is 10.0 Å². The van der Waals surface area contributed by atoms with Crippen LogP contribution in [0.2, 0.25) is 0 Å². The molecule has 1 aromatic heterocycles. The molecule has 1 N–H and O–H groups in total. The van der Waals surface area contributed by atoms with E-state index in [1.165, 1.54) is 4.68 Å². The molecule has 0 saturated heterocycles. The van der Waals surface area contributed by atoms with Gasteiger partial charge in [-0.05, 0) is 54.5 Å². The van der Waals surface area contributed by atoms with Gasteiger partial charge in [0.2, 0.25) is 0 Å². The standard InChI is InChI=1S/C17H19N5O2S/c1-11-8-12(2)16(13(3)9-11)25(23,24)19-15-7-5-6-14(10-15)17-18-20-21-22(17)4/h5-10,19H,1-4H3. The first-order chi connectivity index (χ1) is 11.8. The van der Waals surface area contributed by atoms with E-state index in [-0.39, 0.29) is 0 Å². The van der Waals surface area contributed by atoms with Crippen molar-refractivity contribution in [1.29, 1.82) is 0 Å². The predicted octanol–water partition coefficient (Wildman–Crippen LogP) is 2.60. The summed E-state index contributed by atoms with van der Waals surface area (Å²) in [5.74, 6) is 0.559. The van der Waals surface area contributed by atoms with Crippen LogP contribution in [0.4, 0.5) is 5.69 Å². The number of nitrogens with zero attached hydrogens (tertiary/aromatic N) is 4. The van der Waals surface area contributed by atoms with Crippen molar-refractivity contribution in [3.63, 3.8) is 0 Å². The first-order valence-electron chi connectivity index (χ1n) is 7.71. The van der Waals surface area contributed by atoms with E-state index in [9.17, 15) is 8.42 Å². The zero-order chi connectivity index (χ0) is 18.2. The Morgan fingerprint density at radius 3 is 2.32 bits per heavy atom. The van der Waals surface area contributed by atoms with Crippen molar-refractivity contribution in [2.45, 2.75) is 25.7 Å². The molecule has 3 aromatic rings. The molecule has 8 heteroatoms. The highest BCUT2D eigenvalue weighted by atomic mass is 32.2. The van der Waals surface area contributed by atoms with Crippen LogP contribution < -0.4 is 4.72 Å². The average molecular weight is 357 g/mol. The summed E-state index contributed by atoms with van der Waals surface area (Å²) in [5.41, 5.74) is 3.66. The first-order valence-corrected chi connectivity index (χ1v) is 9.20. The number of nitrogens with one attached hydrogen (secondary N) is 1. The molecule has 0 fully saturated rings. The highest BCUT2D eigenvalue weighted by Gasteiger charge is 2.20. The Balaban J connectivity index is 1.99. The van der Waals surface area contributed by atoms with Crippen LogP contribution in [0.15, 0.2) is 41.3 Å². The monoisotopic (exact) mass is 357 g/mol. The van der Waals surface area contributed by atoms with E-state index in [4.69, 9.17) is 0 Å². The lowest BCUT2D eigenvalue weighted by Gasteiger charge is -2.14. The van der Waals surface area contributed by atoms with Crippen LogP contribution in [0.3, 0.4) is 0 Å². The van der Waals surface area contributed by atoms with Gasteiger partial charge >= 0.3 is 0 Å². The number of hydrogen-bond acceptors (Lipinski definition) is 5. The summed E-state index contributed by atoms with van der Waals surface area (Å²) in [6, 6.07) is 10.7. The Morgan fingerprint density at radius 2 is 1.72 bits per heavy atom. The molecule has 0 bridgehead atoms. The summed E-state index contributed by atoms with van der Waals surface area (Å²) in [6.07, 6.45) is 0. The molecule has 0 unspecified atom stereocenters. The van der Waals surface area contributed by atoms with Crippen molar-refractivity contribution < 1.29 is 8.42 Å². The molecule has 130 valence electrons. The maximum Gasteiger partial charge on any atom is 0.262 e. The van der Waals surface area contributed by atoms with Gasteiger partial charge in [0.15, 0.2) is 5.82 Å². The highest BCUT2D eigenvalue weighted by Crippen LogP contribution is 2.26. The second-order valence-electron chi connectivity index (χ2n) is 6.04. The zero-order valence-electron chi connectivity index (χ0n) is 14.5. The fourth-order valence-corrected chi connectivity index (χ4v) is 4.50. The minimum Gasteiger partial charge on any atom is -0.280 e. The third-order valence-electron chi connectivity index (χ3n) is 3.87. The van der Waals surface area contributed by atoms with E-state index >= 15 is 0 Å². The molecular formula is C17H19N5O2S. The molecule has 0 aliphatic rings. The molecule has 0 aliphatic carbocycles. The van der Waals surface area contributed by atoms with Gasteiger partial charge in [0, 0.05) is 18.3 Å². The minimum absolute atomic E-state index is 0.309. The third kappa shape index (κ3) is 3.39. The Morgan fingerprint density at radius 1 is 1.04 bits per heavy atom. The summed E-state index contributed by atoms with van der Waals surface area (Å²) in [6.45, 7) is 5.55. The molecule has 1 heterocycles. The maximum atomic E-state index is 12.9. The van der Waals surface area contributed by atoms with Crippen LogP contribution in [-0.4, -0.2) is 28.6 Å². The van der Waals surface area contributed by atoms with Gasteiger partial charge in [0.1, 0.15) is 0 Å². The molecule has 0 radical (unpaired) electrons. The van der Waals surface area contributed by atoms with Gasteiger partial charge in [-0.3, -0.25) is 4.72 Å². The molecular weight excluding hydrogens is 338 g/mol. The summed E-state index contributed by atoms with van der Waals surface area (Å²) in [7, 11) is -1.97. The minimum atomic E-state index is -3.70. The van der Waals surface area contributed by atoms with Gasteiger partial charge in [0.05, 0.1) is 4.90 Å². The maximum absolute atomic E-state index is 12.9. The van der Waals surface area contributed by atoms with Gasteiger partial charge in [-0.25, -0.2) is 13.1 Å². The Labute approximate surface area is 146 Å². The van der Waals surface area contributed by atoms with Crippen molar-refractivity contribution in [2.24, 2.45) is 7.05 Å². The van der Waals surface area contributed by atoms with Crippen LogP contribution in [-0.2, 0) is 17.1 Å². The number of anilines is 1. The van der Waals surface area contributed by atoms with Crippen molar-refractivity contribution in [3.8, 4) is 11.4 Å². The van der Waals surface area contributed by atoms with Crippen LogP contribution in [0.5, 0.6) is 0 Å². The number of benzene rings is 2. The summed E-state index contributed by atoms with van der Waals surface area (Å²) < 4.78 is 29.9. The molecule has 0 atom stereocenters. The second kappa shape index (κ2) is 6.29.